The van der Waals surface area contributed by atoms with Crippen LogP contribution < -0.4 is 18.9 Å². The summed E-state index contributed by atoms with van der Waals surface area (Å²) >= 11 is 9.05. The Morgan fingerprint density at radius 1 is 1.07 bits per heavy atom. The number of hydrogen-bond donors (Lipinski definition) is 1. The highest BCUT2D eigenvalue weighted by Gasteiger charge is 2.23. The largest absolute Gasteiger partial charge is 0.493 e. The van der Waals surface area contributed by atoms with Crippen molar-refractivity contribution < 1.29 is 18.9 Å². The molecule has 1 N–H and O–H groups in total. The lowest BCUT2D eigenvalue weighted by Gasteiger charge is -2.21. The van der Waals surface area contributed by atoms with E-state index in [0.717, 1.165) is 21.3 Å². The van der Waals surface area contributed by atoms with Crippen LogP contribution in [0.15, 0.2) is 34.8 Å². The van der Waals surface area contributed by atoms with Gasteiger partial charge >= 0.3 is 0 Å². The highest BCUT2D eigenvalue weighted by molar-refractivity contribution is 9.10. The summed E-state index contributed by atoms with van der Waals surface area (Å²) < 4.78 is 23.9. The normalized spacial score (nSPS) is 11.9. The van der Waals surface area contributed by atoms with Crippen LogP contribution in [0.1, 0.15) is 11.1 Å². The maximum atomic E-state index is 6.07. The molecule has 0 unspecified atom stereocenters. The van der Waals surface area contributed by atoms with E-state index in [1.807, 2.05) is 24.3 Å². The van der Waals surface area contributed by atoms with E-state index in [1.165, 1.54) is 0 Å². The van der Waals surface area contributed by atoms with Crippen LogP contribution in [-0.4, -0.2) is 31.3 Å². The molecule has 144 valence electrons. The number of benzene rings is 2. The molecule has 1 aromatic heterocycles. The molecule has 0 aliphatic carbocycles. The van der Waals surface area contributed by atoms with E-state index in [1.54, 1.807) is 27.4 Å². The first-order chi connectivity index (χ1) is 13.5. The fraction of sp³-hybridized carbons (Fsp3) is 0.200. The third-order valence-corrected chi connectivity index (χ3v) is 5.37. The smallest absolute Gasteiger partial charge is 0.205 e. The molecular weight excluding hydrogens is 444 g/mol. The molecule has 0 fully saturated rings. The van der Waals surface area contributed by atoms with E-state index in [-0.39, 0.29) is 0 Å². The molecule has 0 bridgehead atoms. The second kappa shape index (κ2) is 7.44. The number of rotatable bonds is 4. The van der Waals surface area contributed by atoms with Crippen LogP contribution in [0.2, 0.25) is 0 Å². The SMILES string of the molecule is COc1ccc(-c2nc(=S)c3c([nH]2)Oc2ccc(Br)cc2C3)c(OC)c1OC. The Balaban J connectivity index is 1.85. The lowest BCUT2D eigenvalue weighted by molar-refractivity contribution is 0.325. The quantitative estimate of drug-likeness (QED) is 0.417. The van der Waals surface area contributed by atoms with E-state index in [9.17, 15) is 0 Å². The molecule has 0 spiro atoms. The predicted octanol–water partition coefficient (Wildman–Crippen LogP) is 5.29. The number of aromatic nitrogens is 2. The number of fused-ring (bicyclic) bond motifs is 2. The van der Waals surface area contributed by atoms with Crippen LogP contribution >= 0.6 is 28.1 Å². The highest BCUT2D eigenvalue weighted by atomic mass is 79.9. The van der Waals surface area contributed by atoms with Crippen molar-refractivity contribution in [2.24, 2.45) is 0 Å². The van der Waals surface area contributed by atoms with Crippen molar-refractivity contribution in [1.82, 2.24) is 9.97 Å². The van der Waals surface area contributed by atoms with Crippen molar-refractivity contribution in [3.05, 3.63) is 50.6 Å². The summed E-state index contributed by atoms with van der Waals surface area (Å²) in [6, 6.07) is 9.53. The van der Waals surface area contributed by atoms with Gasteiger partial charge in [-0.2, -0.15) is 0 Å². The molecule has 0 saturated heterocycles. The van der Waals surface area contributed by atoms with Gasteiger partial charge in [-0.05, 0) is 30.3 Å². The second-order valence-electron chi connectivity index (χ2n) is 6.11. The Kier molecular flexibility index (Phi) is 4.99. The fourth-order valence-corrected chi connectivity index (χ4v) is 3.89. The Bertz CT molecular complexity index is 1130. The summed E-state index contributed by atoms with van der Waals surface area (Å²) in [5.74, 6) is 3.45. The molecule has 4 rings (SSSR count). The number of nitrogens with one attached hydrogen (secondary N) is 1. The van der Waals surface area contributed by atoms with E-state index in [0.29, 0.717) is 45.6 Å². The standard InChI is InChI=1S/C20H17BrN2O4S/c1-24-15-7-5-12(16(25-2)17(15)26-3)18-22-19-13(20(28)23-18)9-10-8-11(21)4-6-14(10)27-19/h4-8H,9H2,1-3H3,(H,22,23,28). The van der Waals surface area contributed by atoms with E-state index in [4.69, 9.17) is 31.2 Å². The molecule has 1 aliphatic rings. The highest BCUT2D eigenvalue weighted by Crippen LogP contribution is 2.44. The maximum Gasteiger partial charge on any atom is 0.205 e. The summed E-state index contributed by atoms with van der Waals surface area (Å²) in [5.41, 5.74) is 2.60. The molecule has 6 nitrogen and oxygen atoms in total. The summed E-state index contributed by atoms with van der Waals surface area (Å²) in [5, 5.41) is 0. The zero-order chi connectivity index (χ0) is 19.8. The minimum Gasteiger partial charge on any atom is -0.493 e. The number of methoxy groups -OCH3 is 3. The summed E-state index contributed by atoms with van der Waals surface area (Å²) in [7, 11) is 4.70. The Hall–Kier alpha value is -2.58. The number of aromatic amines is 1. The molecular formula is C20H17BrN2O4S. The molecule has 0 saturated carbocycles. The van der Waals surface area contributed by atoms with Gasteiger partial charge in [0.25, 0.3) is 0 Å². The molecule has 2 heterocycles. The van der Waals surface area contributed by atoms with Gasteiger partial charge in [-0.1, -0.05) is 28.1 Å². The van der Waals surface area contributed by atoms with Crippen molar-refractivity contribution in [3.8, 4) is 40.3 Å². The first kappa shape index (κ1) is 18.8. The third-order valence-electron chi connectivity index (χ3n) is 4.54. The number of H-pyrrole nitrogens is 1. The summed E-state index contributed by atoms with van der Waals surface area (Å²) in [6.45, 7) is 0. The molecule has 8 heteroatoms. The molecule has 2 aromatic carbocycles. The van der Waals surface area contributed by atoms with Gasteiger partial charge in [0, 0.05) is 16.5 Å². The van der Waals surface area contributed by atoms with Crippen LogP contribution in [0.3, 0.4) is 0 Å². The topological polar surface area (TPSA) is 65.6 Å². The summed E-state index contributed by atoms with van der Waals surface area (Å²) in [6.07, 6.45) is 0.649. The van der Waals surface area contributed by atoms with E-state index in [2.05, 4.69) is 25.9 Å². The second-order valence-corrected chi connectivity index (χ2v) is 7.41. The van der Waals surface area contributed by atoms with Gasteiger partial charge in [0.05, 0.1) is 32.5 Å². The van der Waals surface area contributed by atoms with Crippen LogP contribution in [0.4, 0.5) is 0 Å². The van der Waals surface area contributed by atoms with Crippen molar-refractivity contribution in [2.45, 2.75) is 6.42 Å². The number of hydrogen-bond acceptors (Lipinski definition) is 6. The van der Waals surface area contributed by atoms with Gasteiger partial charge in [-0.15, -0.1) is 0 Å². The van der Waals surface area contributed by atoms with Gasteiger partial charge in [-0.25, -0.2) is 4.98 Å². The van der Waals surface area contributed by atoms with Gasteiger partial charge in [0.15, 0.2) is 11.5 Å². The molecule has 1 aliphatic heterocycles. The zero-order valence-corrected chi connectivity index (χ0v) is 17.9. The van der Waals surface area contributed by atoms with Crippen LogP contribution in [0.5, 0.6) is 28.9 Å². The minimum absolute atomic E-state index is 0.478. The van der Waals surface area contributed by atoms with Crippen molar-refractivity contribution in [3.63, 3.8) is 0 Å². The van der Waals surface area contributed by atoms with E-state index < -0.39 is 0 Å². The molecule has 0 amide bonds. The van der Waals surface area contributed by atoms with E-state index >= 15 is 0 Å². The van der Waals surface area contributed by atoms with Gasteiger partial charge in [-0.3, -0.25) is 0 Å². The third kappa shape index (κ3) is 3.12. The summed E-state index contributed by atoms with van der Waals surface area (Å²) in [4.78, 5) is 7.84. The van der Waals surface area contributed by atoms with Crippen molar-refractivity contribution >= 4 is 28.1 Å². The Labute approximate surface area is 175 Å². The average molecular weight is 461 g/mol. The molecule has 0 atom stereocenters. The molecule has 0 radical (unpaired) electrons. The van der Waals surface area contributed by atoms with Crippen LogP contribution in [-0.2, 0) is 6.42 Å². The first-order valence-corrected chi connectivity index (χ1v) is 9.64. The van der Waals surface area contributed by atoms with Gasteiger partial charge < -0.3 is 23.9 Å². The number of ether oxygens (including phenoxy) is 4. The average Bonchev–Trinajstić information content (AvgIpc) is 2.71. The van der Waals surface area contributed by atoms with Crippen LogP contribution in [0, 0.1) is 4.64 Å². The van der Waals surface area contributed by atoms with Crippen molar-refractivity contribution in [2.75, 3.05) is 21.3 Å². The predicted molar refractivity (Wildman–Crippen MR) is 112 cm³/mol. The van der Waals surface area contributed by atoms with Crippen LogP contribution in [0.25, 0.3) is 11.4 Å². The Morgan fingerprint density at radius 3 is 2.57 bits per heavy atom. The zero-order valence-electron chi connectivity index (χ0n) is 15.5. The number of halogens is 1. The molecule has 28 heavy (non-hydrogen) atoms. The first-order valence-electron chi connectivity index (χ1n) is 8.44. The monoisotopic (exact) mass is 460 g/mol. The van der Waals surface area contributed by atoms with Gasteiger partial charge in [0.2, 0.25) is 11.6 Å². The lowest BCUT2D eigenvalue weighted by atomic mass is 10.0. The maximum absolute atomic E-state index is 6.07. The van der Waals surface area contributed by atoms with Gasteiger partial charge in [0.1, 0.15) is 16.2 Å². The Morgan fingerprint density at radius 2 is 1.86 bits per heavy atom. The molecule has 3 aromatic rings. The van der Waals surface area contributed by atoms with Crippen molar-refractivity contribution in [1.29, 1.82) is 0 Å². The lowest BCUT2D eigenvalue weighted by Crippen LogP contribution is -2.08. The fourth-order valence-electron chi connectivity index (χ4n) is 3.22. The number of nitrogens with zero attached hydrogens (tertiary/aromatic N) is 1. The minimum atomic E-state index is 0.478.